The van der Waals surface area contributed by atoms with E-state index in [0.29, 0.717) is 22.0 Å². The molecule has 1 heterocycles. The standard InChI is InChI=1S/C26H24ClN3O3/c1-17(18-7-3-2-4-8-18)28-26(33)22-9-5-6-10-23(22)29-25(32)19-15-24(31)30(16-19)21-13-11-20(27)12-14-21/h2-14,17,19H,15-16H2,1H3,(H,28,33)(H,29,32)/t17-,19-/m0/s1. The van der Waals surface area contributed by atoms with Crippen molar-refractivity contribution in [2.75, 3.05) is 16.8 Å². The number of nitrogens with zero attached hydrogens (tertiary/aromatic N) is 1. The van der Waals surface area contributed by atoms with Crippen LogP contribution in [-0.4, -0.2) is 24.3 Å². The highest BCUT2D eigenvalue weighted by atomic mass is 35.5. The maximum absolute atomic E-state index is 13.0. The van der Waals surface area contributed by atoms with Crippen LogP contribution in [0.1, 0.15) is 35.3 Å². The zero-order valence-electron chi connectivity index (χ0n) is 18.1. The number of hydrogen-bond donors (Lipinski definition) is 2. The summed E-state index contributed by atoms with van der Waals surface area (Å²) in [5, 5.41) is 6.40. The summed E-state index contributed by atoms with van der Waals surface area (Å²) in [6.45, 7) is 2.18. The predicted molar refractivity (Wildman–Crippen MR) is 129 cm³/mol. The molecule has 33 heavy (non-hydrogen) atoms. The van der Waals surface area contributed by atoms with Gasteiger partial charge in [0, 0.05) is 23.7 Å². The highest BCUT2D eigenvalue weighted by Crippen LogP contribution is 2.28. The predicted octanol–water partition coefficient (Wildman–Crippen LogP) is 4.82. The minimum absolute atomic E-state index is 0.105. The first-order chi connectivity index (χ1) is 15.9. The first kappa shape index (κ1) is 22.6. The van der Waals surface area contributed by atoms with Crippen LogP contribution in [0, 0.1) is 5.92 Å². The van der Waals surface area contributed by atoms with Crippen LogP contribution in [0.2, 0.25) is 5.02 Å². The largest absolute Gasteiger partial charge is 0.345 e. The van der Waals surface area contributed by atoms with Gasteiger partial charge in [-0.3, -0.25) is 14.4 Å². The number of anilines is 2. The monoisotopic (exact) mass is 461 g/mol. The van der Waals surface area contributed by atoms with Crippen LogP contribution in [0.5, 0.6) is 0 Å². The van der Waals surface area contributed by atoms with Gasteiger partial charge in [0.15, 0.2) is 0 Å². The fourth-order valence-corrected chi connectivity index (χ4v) is 4.00. The molecular formula is C26H24ClN3O3. The Labute approximate surface area is 197 Å². The van der Waals surface area contributed by atoms with Crippen molar-refractivity contribution in [1.82, 2.24) is 5.32 Å². The van der Waals surface area contributed by atoms with Crippen LogP contribution >= 0.6 is 11.6 Å². The zero-order chi connectivity index (χ0) is 23.4. The van der Waals surface area contributed by atoms with Gasteiger partial charge in [0.1, 0.15) is 0 Å². The fourth-order valence-electron chi connectivity index (χ4n) is 3.88. The molecule has 0 bridgehead atoms. The van der Waals surface area contributed by atoms with Crippen molar-refractivity contribution < 1.29 is 14.4 Å². The van der Waals surface area contributed by atoms with E-state index in [4.69, 9.17) is 11.6 Å². The molecule has 1 fully saturated rings. The number of hydrogen-bond acceptors (Lipinski definition) is 3. The molecular weight excluding hydrogens is 438 g/mol. The third-order valence-electron chi connectivity index (χ3n) is 5.71. The summed E-state index contributed by atoms with van der Waals surface area (Å²) < 4.78 is 0. The molecule has 0 saturated carbocycles. The van der Waals surface area contributed by atoms with Gasteiger partial charge in [-0.15, -0.1) is 0 Å². The van der Waals surface area contributed by atoms with Gasteiger partial charge in [0.2, 0.25) is 11.8 Å². The first-order valence-electron chi connectivity index (χ1n) is 10.7. The lowest BCUT2D eigenvalue weighted by Gasteiger charge is -2.18. The quantitative estimate of drug-likeness (QED) is 0.552. The number of halogens is 1. The zero-order valence-corrected chi connectivity index (χ0v) is 18.9. The molecule has 6 nitrogen and oxygen atoms in total. The Balaban J connectivity index is 1.44. The van der Waals surface area contributed by atoms with Crippen molar-refractivity contribution in [3.05, 3.63) is 95.0 Å². The molecule has 0 spiro atoms. The summed E-state index contributed by atoms with van der Waals surface area (Å²) in [4.78, 5) is 40.0. The van der Waals surface area contributed by atoms with E-state index in [0.717, 1.165) is 5.56 Å². The second-order valence-electron chi connectivity index (χ2n) is 8.02. The molecule has 1 aliphatic heterocycles. The highest BCUT2D eigenvalue weighted by Gasteiger charge is 2.35. The number of rotatable bonds is 6. The molecule has 0 radical (unpaired) electrons. The molecule has 0 aromatic heterocycles. The summed E-state index contributed by atoms with van der Waals surface area (Å²) in [5.74, 6) is -1.23. The normalized spacial score (nSPS) is 16.4. The number of amides is 3. The summed E-state index contributed by atoms with van der Waals surface area (Å²) in [5.41, 5.74) is 2.47. The summed E-state index contributed by atoms with van der Waals surface area (Å²) >= 11 is 5.93. The third-order valence-corrected chi connectivity index (χ3v) is 5.96. The van der Waals surface area contributed by atoms with Crippen molar-refractivity contribution in [1.29, 1.82) is 0 Å². The molecule has 2 N–H and O–H groups in total. The molecule has 0 aliphatic carbocycles. The van der Waals surface area contributed by atoms with Gasteiger partial charge in [-0.2, -0.15) is 0 Å². The fraction of sp³-hybridized carbons (Fsp3) is 0.192. The van der Waals surface area contributed by atoms with Gasteiger partial charge in [-0.1, -0.05) is 54.1 Å². The van der Waals surface area contributed by atoms with Crippen molar-refractivity contribution in [3.8, 4) is 0 Å². The number of carbonyl (C=O) groups excluding carboxylic acids is 3. The van der Waals surface area contributed by atoms with Crippen LogP contribution in [0.3, 0.4) is 0 Å². The van der Waals surface area contributed by atoms with Crippen LogP contribution in [-0.2, 0) is 9.59 Å². The van der Waals surface area contributed by atoms with E-state index in [-0.39, 0.29) is 36.7 Å². The average molecular weight is 462 g/mol. The Kier molecular flexibility index (Phi) is 6.75. The number of para-hydroxylation sites is 1. The molecule has 7 heteroatoms. The van der Waals surface area contributed by atoms with Crippen molar-refractivity contribution >= 4 is 40.7 Å². The Morgan fingerprint density at radius 1 is 0.970 bits per heavy atom. The number of nitrogens with one attached hydrogen (secondary N) is 2. The van der Waals surface area contributed by atoms with Gasteiger partial charge in [0.05, 0.1) is 23.2 Å². The second kappa shape index (κ2) is 9.88. The summed E-state index contributed by atoms with van der Waals surface area (Å²) in [7, 11) is 0. The van der Waals surface area contributed by atoms with E-state index in [1.807, 2.05) is 37.3 Å². The Bertz CT molecular complexity index is 1160. The summed E-state index contributed by atoms with van der Waals surface area (Å²) in [6.07, 6.45) is 0.105. The molecule has 2 atom stereocenters. The molecule has 4 rings (SSSR count). The highest BCUT2D eigenvalue weighted by molar-refractivity contribution is 6.30. The lowest BCUT2D eigenvalue weighted by atomic mass is 10.1. The van der Waals surface area contributed by atoms with Crippen LogP contribution in [0.15, 0.2) is 78.9 Å². The molecule has 3 aromatic rings. The third kappa shape index (κ3) is 5.23. The number of carbonyl (C=O) groups is 3. The minimum Gasteiger partial charge on any atom is -0.345 e. The van der Waals surface area contributed by atoms with Gasteiger partial charge < -0.3 is 15.5 Å². The molecule has 3 amide bonds. The lowest BCUT2D eigenvalue weighted by molar-refractivity contribution is -0.122. The van der Waals surface area contributed by atoms with Gasteiger partial charge in [-0.25, -0.2) is 0 Å². The van der Waals surface area contributed by atoms with E-state index in [1.165, 1.54) is 0 Å². The van der Waals surface area contributed by atoms with Crippen LogP contribution < -0.4 is 15.5 Å². The number of benzene rings is 3. The van der Waals surface area contributed by atoms with Crippen molar-refractivity contribution in [3.63, 3.8) is 0 Å². The molecule has 0 unspecified atom stereocenters. The SMILES string of the molecule is C[C@H](NC(=O)c1ccccc1NC(=O)[C@H]1CC(=O)N(c2ccc(Cl)cc2)C1)c1ccccc1. The van der Waals surface area contributed by atoms with Crippen LogP contribution in [0.25, 0.3) is 0 Å². The van der Waals surface area contributed by atoms with Gasteiger partial charge >= 0.3 is 0 Å². The maximum Gasteiger partial charge on any atom is 0.253 e. The molecule has 168 valence electrons. The van der Waals surface area contributed by atoms with E-state index < -0.39 is 5.92 Å². The Morgan fingerprint density at radius 3 is 2.36 bits per heavy atom. The first-order valence-corrected chi connectivity index (χ1v) is 11.1. The van der Waals surface area contributed by atoms with Crippen molar-refractivity contribution in [2.24, 2.45) is 5.92 Å². The van der Waals surface area contributed by atoms with Gasteiger partial charge in [0.25, 0.3) is 5.91 Å². The Morgan fingerprint density at radius 2 is 1.64 bits per heavy atom. The van der Waals surface area contributed by atoms with E-state index in [9.17, 15) is 14.4 Å². The Hall–Kier alpha value is -3.64. The lowest BCUT2D eigenvalue weighted by Crippen LogP contribution is -2.30. The van der Waals surface area contributed by atoms with Crippen molar-refractivity contribution in [2.45, 2.75) is 19.4 Å². The van der Waals surface area contributed by atoms with Gasteiger partial charge in [-0.05, 0) is 48.9 Å². The van der Waals surface area contributed by atoms with E-state index in [1.54, 1.807) is 53.4 Å². The summed E-state index contributed by atoms with van der Waals surface area (Å²) in [6, 6.07) is 23.3. The maximum atomic E-state index is 13.0. The minimum atomic E-state index is -0.521. The van der Waals surface area contributed by atoms with Crippen LogP contribution in [0.4, 0.5) is 11.4 Å². The van der Waals surface area contributed by atoms with E-state index >= 15 is 0 Å². The average Bonchev–Trinajstić information content (AvgIpc) is 3.22. The molecule has 1 aliphatic rings. The van der Waals surface area contributed by atoms with E-state index in [2.05, 4.69) is 10.6 Å². The topological polar surface area (TPSA) is 78.5 Å². The molecule has 1 saturated heterocycles. The second-order valence-corrected chi connectivity index (χ2v) is 8.46. The smallest absolute Gasteiger partial charge is 0.253 e. The molecule has 3 aromatic carbocycles.